The van der Waals surface area contributed by atoms with Crippen LogP contribution in [0.1, 0.15) is 27.2 Å². The molecule has 0 fully saturated rings. The van der Waals surface area contributed by atoms with Crippen molar-refractivity contribution in [1.29, 1.82) is 0 Å². The lowest BCUT2D eigenvalue weighted by Gasteiger charge is -2.19. The Morgan fingerprint density at radius 2 is 2.00 bits per heavy atom. The van der Waals surface area contributed by atoms with Crippen molar-refractivity contribution in [1.82, 2.24) is 4.98 Å². The first-order valence-corrected chi connectivity index (χ1v) is 6.22. The molecule has 0 aliphatic rings. The minimum atomic E-state index is 0.273. The molecule has 3 heteroatoms. The summed E-state index contributed by atoms with van der Waals surface area (Å²) in [5.74, 6) is 0.762. The van der Waals surface area contributed by atoms with Gasteiger partial charge in [-0.1, -0.05) is 20.8 Å². The maximum atomic E-state index is 6.12. The van der Waals surface area contributed by atoms with Crippen molar-refractivity contribution >= 4 is 16.5 Å². The summed E-state index contributed by atoms with van der Waals surface area (Å²) in [6, 6.07) is 5.83. The SMILES string of the molecule is CC(C)(C)CCOc1ccc2cnccc2c1N. The van der Waals surface area contributed by atoms with E-state index in [0.717, 1.165) is 22.9 Å². The average Bonchev–Trinajstić information content (AvgIpc) is 2.31. The molecule has 96 valence electrons. The molecule has 3 nitrogen and oxygen atoms in total. The zero-order valence-electron chi connectivity index (χ0n) is 11.2. The quantitative estimate of drug-likeness (QED) is 0.839. The van der Waals surface area contributed by atoms with Crippen molar-refractivity contribution < 1.29 is 4.74 Å². The molecule has 0 amide bonds. The highest BCUT2D eigenvalue weighted by molar-refractivity contribution is 5.95. The second kappa shape index (κ2) is 4.84. The molecule has 0 saturated heterocycles. The van der Waals surface area contributed by atoms with E-state index in [2.05, 4.69) is 25.8 Å². The van der Waals surface area contributed by atoms with Gasteiger partial charge in [-0.15, -0.1) is 0 Å². The Balaban J connectivity index is 2.17. The summed E-state index contributed by atoms with van der Waals surface area (Å²) in [5, 5.41) is 2.04. The van der Waals surface area contributed by atoms with E-state index in [9.17, 15) is 0 Å². The molecule has 0 radical (unpaired) electrons. The summed E-state index contributed by atoms with van der Waals surface area (Å²) < 4.78 is 5.78. The minimum absolute atomic E-state index is 0.273. The molecular weight excluding hydrogens is 224 g/mol. The summed E-state index contributed by atoms with van der Waals surface area (Å²) in [7, 11) is 0. The van der Waals surface area contributed by atoms with Crippen LogP contribution in [-0.4, -0.2) is 11.6 Å². The molecule has 2 rings (SSSR count). The number of nitrogen functional groups attached to an aromatic ring is 1. The molecule has 0 aliphatic carbocycles. The van der Waals surface area contributed by atoms with E-state index in [0.29, 0.717) is 12.3 Å². The summed E-state index contributed by atoms with van der Waals surface area (Å²) in [5.41, 5.74) is 7.09. The number of anilines is 1. The van der Waals surface area contributed by atoms with Crippen molar-refractivity contribution in [2.24, 2.45) is 5.41 Å². The Bertz CT molecular complexity index is 544. The third-order valence-corrected chi connectivity index (χ3v) is 2.93. The Kier molecular flexibility index (Phi) is 3.41. The van der Waals surface area contributed by atoms with E-state index in [-0.39, 0.29) is 5.41 Å². The Labute approximate surface area is 108 Å². The number of pyridine rings is 1. The molecule has 0 atom stereocenters. The van der Waals surface area contributed by atoms with E-state index in [4.69, 9.17) is 10.5 Å². The van der Waals surface area contributed by atoms with Gasteiger partial charge < -0.3 is 10.5 Å². The smallest absolute Gasteiger partial charge is 0.142 e. The number of aromatic nitrogens is 1. The lowest BCUT2D eigenvalue weighted by molar-refractivity contribution is 0.244. The number of benzene rings is 1. The molecule has 2 N–H and O–H groups in total. The van der Waals surface area contributed by atoms with Crippen LogP contribution in [-0.2, 0) is 0 Å². The van der Waals surface area contributed by atoms with Gasteiger partial charge in [-0.3, -0.25) is 4.98 Å². The average molecular weight is 244 g/mol. The fraction of sp³-hybridized carbons (Fsp3) is 0.400. The lowest BCUT2D eigenvalue weighted by atomic mass is 9.93. The van der Waals surface area contributed by atoms with Crippen LogP contribution in [0.2, 0.25) is 0 Å². The van der Waals surface area contributed by atoms with Crippen molar-refractivity contribution in [2.45, 2.75) is 27.2 Å². The fourth-order valence-electron chi connectivity index (χ4n) is 1.77. The monoisotopic (exact) mass is 244 g/mol. The highest BCUT2D eigenvalue weighted by atomic mass is 16.5. The van der Waals surface area contributed by atoms with E-state index in [1.807, 2.05) is 24.4 Å². The molecule has 0 spiro atoms. The lowest BCUT2D eigenvalue weighted by Crippen LogP contribution is -2.11. The molecule has 0 saturated carbocycles. The van der Waals surface area contributed by atoms with Crippen LogP contribution in [0.5, 0.6) is 5.75 Å². The van der Waals surface area contributed by atoms with E-state index in [1.165, 1.54) is 0 Å². The number of ether oxygens (including phenoxy) is 1. The van der Waals surface area contributed by atoms with Gasteiger partial charge in [0.2, 0.25) is 0 Å². The standard InChI is InChI=1S/C15H20N2O/c1-15(2,3)7-9-18-13-5-4-11-10-17-8-6-12(11)14(13)16/h4-6,8,10H,7,9,16H2,1-3H3. The number of hydrogen-bond donors (Lipinski definition) is 1. The van der Waals surface area contributed by atoms with Gasteiger partial charge in [0.1, 0.15) is 5.75 Å². The maximum Gasteiger partial charge on any atom is 0.142 e. The Morgan fingerprint density at radius 1 is 1.22 bits per heavy atom. The number of rotatable bonds is 3. The van der Waals surface area contributed by atoms with E-state index < -0.39 is 0 Å². The first kappa shape index (κ1) is 12.7. The summed E-state index contributed by atoms with van der Waals surface area (Å²) in [6.45, 7) is 7.29. The largest absolute Gasteiger partial charge is 0.491 e. The predicted octanol–water partition coefficient (Wildman–Crippen LogP) is 3.63. The van der Waals surface area contributed by atoms with Gasteiger partial charge >= 0.3 is 0 Å². The number of fused-ring (bicyclic) bond motifs is 1. The van der Waals surface area contributed by atoms with Crippen LogP contribution < -0.4 is 10.5 Å². The van der Waals surface area contributed by atoms with E-state index in [1.54, 1.807) is 6.20 Å². The highest BCUT2D eigenvalue weighted by Crippen LogP contribution is 2.30. The van der Waals surface area contributed by atoms with Gasteiger partial charge in [0.25, 0.3) is 0 Å². The second-order valence-electron chi connectivity index (χ2n) is 5.73. The van der Waals surface area contributed by atoms with Gasteiger partial charge in [-0.25, -0.2) is 0 Å². The zero-order valence-corrected chi connectivity index (χ0v) is 11.2. The first-order valence-electron chi connectivity index (χ1n) is 6.22. The second-order valence-corrected chi connectivity index (χ2v) is 5.73. The van der Waals surface area contributed by atoms with Crippen LogP contribution in [0.15, 0.2) is 30.6 Å². The van der Waals surface area contributed by atoms with Gasteiger partial charge in [0.15, 0.2) is 0 Å². The molecular formula is C15H20N2O. The van der Waals surface area contributed by atoms with E-state index >= 15 is 0 Å². The predicted molar refractivity (Wildman–Crippen MR) is 75.7 cm³/mol. The summed E-state index contributed by atoms with van der Waals surface area (Å²) in [6.07, 6.45) is 4.56. The Hall–Kier alpha value is -1.77. The van der Waals surface area contributed by atoms with Crippen molar-refractivity contribution in [3.63, 3.8) is 0 Å². The molecule has 0 unspecified atom stereocenters. The molecule has 1 aromatic heterocycles. The summed E-state index contributed by atoms with van der Waals surface area (Å²) in [4.78, 5) is 4.08. The van der Waals surface area contributed by atoms with Gasteiger partial charge in [-0.05, 0) is 30.0 Å². The molecule has 1 aromatic carbocycles. The van der Waals surface area contributed by atoms with Crippen molar-refractivity contribution in [3.05, 3.63) is 30.6 Å². The first-order chi connectivity index (χ1) is 8.47. The highest BCUT2D eigenvalue weighted by Gasteiger charge is 2.11. The third-order valence-electron chi connectivity index (χ3n) is 2.93. The van der Waals surface area contributed by atoms with Crippen molar-refractivity contribution in [2.75, 3.05) is 12.3 Å². The number of nitrogens with two attached hydrogens (primary N) is 1. The Morgan fingerprint density at radius 3 is 2.72 bits per heavy atom. The number of hydrogen-bond acceptors (Lipinski definition) is 3. The van der Waals surface area contributed by atoms with Crippen molar-refractivity contribution in [3.8, 4) is 5.75 Å². The van der Waals surface area contributed by atoms with Gasteiger partial charge in [0, 0.05) is 23.2 Å². The fourth-order valence-corrected chi connectivity index (χ4v) is 1.77. The number of nitrogens with zero attached hydrogens (tertiary/aromatic N) is 1. The van der Waals surface area contributed by atoms with Crippen LogP contribution in [0, 0.1) is 5.41 Å². The molecule has 1 heterocycles. The zero-order chi connectivity index (χ0) is 13.2. The third kappa shape index (κ3) is 2.92. The maximum absolute atomic E-state index is 6.12. The molecule has 2 aromatic rings. The topological polar surface area (TPSA) is 48.1 Å². The molecule has 0 aliphatic heterocycles. The summed E-state index contributed by atoms with van der Waals surface area (Å²) >= 11 is 0. The van der Waals surface area contributed by atoms with Crippen LogP contribution in [0.4, 0.5) is 5.69 Å². The van der Waals surface area contributed by atoms with Gasteiger partial charge in [0.05, 0.1) is 12.3 Å². The minimum Gasteiger partial charge on any atom is -0.491 e. The molecule has 18 heavy (non-hydrogen) atoms. The van der Waals surface area contributed by atoms with Crippen LogP contribution in [0.25, 0.3) is 10.8 Å². The molecule has 0 bridgehead atoms. The van der Waals surface area contributed by atoms with Gasteiger partial charge in [-0.2, -0.15) is 0 Å². The normalized spacial score (nSPS) is 11.7. The van der Waals surface area contributed by atoms with Crippen LogP contribution in [0.3, 0.4) is 0 Å². The van der Waals surface area contributed by atoms with Crippen LogP contribution >= 0.6 is 0 Å².